The molecule has 2 heteroatoms. The fourth-order valence-corrected chi connectivity index (χ4v) is 6.27. The minimum absolute atomic E-state index is 0.466. The number of allylic oxidation sites excluding steroid dienone is 4. The number of fused-ring (bicyclic) bond motifs is 3. The fraction of sp³-hybridized carbons (Fsp3) is 0.130. The van der Waals surface area contributed by atoms with Gasteiger partial charge < -0.3 is 0 Å². The number of hydrogen-bond donors (Lipinski definition) is 0. The van der Waals surface area contributed by atoms with Crippen LogP contribution < -0.4 is 0 Å². The van der Waals surface area contributed by atoms with E-state index in [1.807, 2.05) is 0 Å². The number of hydrogen-bond acceptors (Lipinski definition) is 1. The van der Waals surface area contributed by atoms with Crippen LogP contribution in [0.15, 0.2) is 71.4 Å². The molecule has 0 nitrogen and oxygen atoms in total. The van der Waals surface area contributed by atoms with E-state index in [1.165, 1.54) is 39.0 Å². The van der Waals surface area contributed by atoms with Gasteiger partial charge in [0.15, 0.2) is 0 Å². The van der Waals surface area contributed by atoms with E-state index in [9.17, 15) is 0 Å². The van der Waals surface area contributed by atoms with Gasteiger partial charge in [-0.2, -0.15) is 0 Å². The van der Waals surface area contributed by atoms with Crippen LogP contribution in [-0.2, 0) is 24.7 Å². The predicted octanol–water partition coefficient (Wildman–Crippen LogP) is 6.48. The Morgan fingerprint density at radius 3 is 2.56 bits per heavy atom. The first-order chi connectivity index (χ1) is 12.3. The summed E-state index contributed by atoms with van der Waals surface area (Å²) < 4.78 is 0.540. The third-order valence-electron chi connectivity index (χ3n) is 5.38. The molecule has 2 aromatic carbocycles. The maximum atomic E-state index is 2.35. The van der Waals surface area contributed by atoms with Crippen LogP contribution in [0.2, 0.25) is 0 Å². The van der Waals surface area contributed by atoms with Gasteiger partial charge in [0.2, 0.25) is 0 Å². The summed E-state index contributed by atoms with van der Waals surface area (Å²) >= 11 is 3.35. The topological polar surface area (TPSA) is 0 Å². The summed E-state index contributed by atoms with van der Waals surface area (Å²) in [5.41, 5.74) is 11.6. The van der Waals surface area contributed by atoms with Crippen molar-refractivity contribution in [3.8, 4) is 11.1 Å². The second kappa shape index (κ2) is 6.04. The molecule has 3 aromatic rings. The summed E-state index contributed by atoms with van der Waals surface area (Å²) in [5, 5.41) is 4.44. The van der Waals surface area contributed by atoms with Crippen molar-refractivity contribution in [1.29, 1.82) is 0 Å². The third kappa shape index (κ3) is 2.35. The molecule has 0 spiro atoms. The molecular weight excluding hydrogens is 400 g/mol. The molecule has 0 fully saturated rings. The van der Waals surface area contributed by atoms with Crippen molar-refractivity contribution in [1.82, 2.24) is 0 Å². The van der Waals surface area contributed by atoms with Gasteiger partial charge in [-0.3, -0.25) is 0 Å². The van der Waals surface area contributed by atoms with Gasteiger partial charge in [0.1, 0.15) is 0 Å². The molecule has 0 saturated carbocycles. The van der Waals surface area contributed by atoms with E-state index in [0.29, 0.717) is 9.54 Å². The van der Waals surface area contributed by atoms with Gasteiger partial charge in [0.05, 0.1) is 0 Å². The summed E-state index contributed by atoms with van der Waals surface area (Å²) in [7, 11) is 0. The molecule has 0 amide bonds. The first-order valence-corrected chi connectivity index (χ1v) is 11.0. The van der Waals surface area contributed by atoms with Crippen LogP contribution in [0.1, 0.15) is 32.8 Å². The molecule has 1 heterocycles. The van der Waals surface area contributed by atoms with Crippen LogP contribution in [0.5, 0.6) is 0 Å². The number of rotatable bonds is 2. The van der Waals surface area contributed by atoms with Crippen LogP contribution >= 0.6 is 11.3 Å². The molecule has 0 saturated heterocycles. The molecule has 0 bridgehead atoms. The van der Waals surface area contributed by atoms with Gasteiger partial charge in [-0.25, -0.2) is 0 Å². The van der Waals surface area contributed by atoms with Crippen LogP contribution in [0.25, 0.3) is 22.3 Å². The molecule has 0 N–H and O–H groups in total. The Morgan fingerprint density at radius 2 is 1.72 bits per heavy atom. The Hall–Kier alpha value is -1.50. The van der Waals surface area contributed by atoms with E-state index in [0.717, 1.165) is 0 Å². The van der Waals surface area contributed by atoms with Crippen molar-refractivity contribution in [3.05, 3.63) is 93.7 Å². The zero-order valence-corrected chi connectivity index (χ0v) is 17.3. The molecule has 5 rings (SSSR count). The van der Waals surface area contributed by atoms with Gasteiger partial charge in [-0.1, -0.05) is 0 Å². The summed E-state index contributed by atoms with van der Waals surface area (Å²) in [6, 6.07) is 18.1. The van der Waals surface area contributed by atoms with E-state index < -0.39 is 0 Å². The zero-order chi connectivity index (χ0) is 17.0. The number of thiophene rings is 1. The summed E-state index contributed by atoms with van der Waals surface area (Å²) in [6.07, 6.45) is 4.67. The minimum atomic E-state index is 0.466. The maximum absolute atomic E-state index is 2.35. The van der Waals surface area contributed by atoms with Crippen LogP contribution in [-0.4, -0.2) is 0 Å². The molecule has 2 aliphatic rings. The Kier molecular flexibility index (Phi) is 3.80. The SMILES string of the molecule is CC1C=CC(c2ccsc2)=C1c1cccc2c1[CH]([Zr])c1ccccc1-2. The fourth-order valence-electron chi connectivity index (χ4n) is 4.23. The van der Waals surface area contributed by atoms with Crippen molar-refractivity contribution in [3.63, 3.8) is 0 Å². The Balaban J connectivity index is 1.77. The zero-order valence-electron chi connectivity index (χ0n) is 14.0. The molecule has 119 valence electrons. The van der Waals surface area contributed by atoms with Crippen LogP contribution in [0, 0.1) is 5.92 Å². The van der Waals surface area contributed by atoms with E-state index in [2.05, 4.69) is 78.4 Å². The Labute approximate surface area is 167 Å². The molecule has 2 aliphatic carbocycles. The van der Waals surface area contributed by atoms with Gasteiger partial charge in [-0.05, 0) is 0 Å². The average Bonchev–Trinajstić information content (AvgIpc) is 3.35. The predicted molar refractivity (Wildman–Crippen MR) is 103 cm³/mol. The van der Waals surface area contributed by atoms with Crippen molar-refractivity contribution < 1.29 is 24.7 Å². The first kappa shape index (κ1) is 15.7. The van der Waals surface area contributed by atoms with Crippen molar-refractivity contribution in [2.24, 2.45) is 5.92 Å². The molecule has 2 atom stereocenters. The summed E-state index contributed by atoms with van der Waals surface area (Å²) in [6.45, 7) is 2.32. The van der Waals surface area contributed by atoms with Crippen LogP contribution in [0.3, 0.4) is 0 Å². The molecule has 25 heavy (non-hydrogen) atoms. The molecule has 1 aromatic heterocycles. The Bertz CT molecular complexity index is 1020. The van der Waals surface area contributed by atoms with E-state index >= 15 is 0 Å². The quantitative estimate of drug-likeness (QED) is 0.448. The van der Waals surface area contributed by atoms with E-state index in [4.69, 9.17) is 0 Å². The average molecular weight is 417 g/mol. The second-order valence-electron chi connectivity index (χ2n) is 6.77. The van der Waals surface area contributed by atoms with Crippen molar-refractivity contribution >= 4 is 22.5 Å². The first-order valence-electron chi connectivity index (χ1n) is 8.64. The normalized spacial score (nSPS) is 20.8. The van der Waals surface area contributed by atoms with Gasteiger partial charge in [-0.15, -0.1) is 0 Å². The molecular formula is C23H17SZr. The van der Waals surface area contributed by atoms with Crippen molar-refractivity contribution in [2.45, 2.75) is 10.5 Å². The summed E-state index contributed by atoms with van der Waals surface area (Å²) in [5.74, 6) is 0.466. The molecule has 2 unspecified atom stereocenters. The van der Waals surface area contributed by atoms with Gasteiger partial charge >= 0.3 is 168 Å². The molecule has 0 radical (unpaired) electrons. The number of benzene rings is 2. The van der Waals surface area contributed by atoms with E-state index in [-0.39, 0.29) is 0 Å². The Morgan fingerprint density at radius 1 is 0.920 bits per heavy atom. The standard InChI is InChI=1S/C23H17S.Zr/c1-15-9-10-19(17-11-12-24-14-17)23(15)21-8-4-7-20-18-6-3-2-5-16(18)13-22(20)21;/h2-15H,1H3;. The monoisotopic (exact) mass is 415 g/mol. The van der Waals surface area contributed by atoms with Gasteiger partial charge in [0, 0.05) is 0 Å². The second-order valence-corrected chi connectivity index (χ2v) is 8.97. The third-order valence-corrected chi connectivity index (χ3v) is 7.53. The summed E-state index contributed by atoms with van der Waals surface area (Å²) in [4.78, 5) is 0. The van der Waals surface area contributed by atoms with Gasteiger partial charge in [0.25, 0.3) is 0 Å². The molecule has 0 aliphatic heterocycles. The van der Waals surface area contributed by atoms with Crippen LogP contribution in [0.4, 0.5) is 0 Å². The van der Waals surface area contributed by atoms with Crippen molar-refractivity contribution in [2.75, 3.05) is 0 Å². The van der Waals surface area contributed by atoms with E-state index in [1.54, 1.807) is 41.6 Å².